The highest BCUT2D eigenvalue weighted by molar-refractivity contribution is 5.86. The van der Waals surface area contributed by atoms with Gasteiger partial charge in [0, 0.05) is 6.20 Å². The Morgan fingerprint density at radius 1 is 1.57 bits per heavy atom. The van der Waals surface area contributed by atoms with Crippen LogP contribution in [0.3, 0.4) is 0 Å². The summed E-state index contributed by atoms with van der Waals surface area (Å²) in [6.45, 7) is 3.32. The number of nitrogens with two attached hydrogens (primary N) is 2. The number of aromatic nitrogens is 2. The van der Waals surface area contributed by atoms with Gasteiger partial charge in [-0.1, -0.05) is 0 Å². The number of primary amides is 1. The van der Waals surface area contributed by atoms with Gasteiger partial charge in [0.1, 0.15) is 11.4 Å². The van der Waals surface area contributed by atoms with E-state index < -0.39 is 11.4 Å². The van der Waals surface area contributed by atoms with Gasteiger partial charge in [0.25, 0.3) is 0 Å². The van der Waals surface area contributed by atoms with Crippen LogP contribution in [0.4, 0.5) is 11.8 Å². The molecule has 0 aliphatic carbocycles. The second kappa shape index (κ2) is 3.49. The number of rotatable bonds is 3. The molecule has 0 bridgehead atoms. The Kier molecular flexibility index (Phi) is 2.55. The third-order valence-electron chi connectivity index (χ3n) is 1.73. The molecule has 1 amide bonds. The Balaban J connectivity index is 2.83. The Labute approximate surface area is 81.7 Å². The van der Waals surface area contributed by atoms with E-state index in [4.69, 9.17) is 11.5 Å². The van der Waals surface area contributed by atoms with Crippen molar-refractivity contribution in [3.05, 3.63) is 12.3 Å². The van der Waals surface area contributed by atoms with Gasteiger partial charge >= 0.3 is 0 Å². The van der Waals surface area contributed by atoms with E-state index in [-0.39, 0.29) is 5.95 Å². The predicted octanol–water partition coefficient (Wildman–Crippen LogP) is -0.265. The zero-order chi connectivity index (χ0) is 10.8. The minimum atomic E-state index is -0.860. The average Bonchev–Trinajstić information content (AvgIpc) is 2.02. The molecule has 1 heterocycles. The van der Waals surface area contributed by atoms with E-state index >= 15 is 0 Å². The average molecular weight is 195 g/mol. The van der Waals surface area contributed by atoms with Gasteiger partial charge in [-0.05, 0) is 19.9 Å². The van der Waals surface area contributed by atoms with Crippen LogP contribution in [0.25, 0.3) is 0 Å². The molecule has 0 aliphatic heterocycles. The SMILES string of the molecule is CC(C)(Nc1ccnc(N)n1)C(N)=O. The molecule has 0 spiro atoms. The highest BCUT2D eigenvalue weighted by Gasteiger charge is 2.24. The molecule has 76 valence electrons. The third kappa shape index (κ3) is 2.32. The maximum absolute atomic E-state index is 11.0. The van der Waals surface area contributed by atoms with E-state index in [1.165, 1.54) is 6.20 Å². The summed E-state index contributed by atoms with van der Waals surface area (Å²) in [5.41, 5.74) is 9.69. The van der Waals surface area contributed by atoms with Crippen molar-refractivity contribution >= 4 is 17.7 Å². The van der Waals surface area contributed by atoms with Gasteiger partial charge in [-0.15, -0.1) is 0 Å². The Hall–Kier alpha value is -1.85. The molecule has 0 aromatic carbocycles. The van der Waals surface area contributed by atoms with E-state index in [0.29, 0.717) is 5.82 Å². The molecule has 6 nitrogen and oxygen atoms in total. The molecule has 1 aromatic rings. The summed E-state index contributed by atoms with van der Waals surface area (Å²) >= 11 is 0. The molecule has 5 N–H and O–H groups in total. The minimum Gasteiger partial charge on any atom is -0.368 e. The first kappa shape index (κ1) is 10.2. The van der Waals surface area contributed by atoms with Crippen LogP contribution in [0.1, 0.15) is 13.8 Å². The van der Waals surface area contributed by atoms with Crippen molar-refractivity contribution < 1.29 is 4.79 Å². The third-order valence-corrected chi connectivity index (χ3v) is 1.73. The van der Waals surface area contributed by atoms with E-state index in [9.17, 15) is 4.79 Å². The van der Waals surface area contributed by atoms with Crippen LogP contribution in [0.2, 0.25) is 0 Å². The second-order valence-electron chi connectivity index (χ2n) is 3.41. The van der Waals surface area contributed by atoms with Gasteiger partial charge in [0.2, 0.25) is 11.9 Å². The molecule has 0 atom stereocenters. The van der Waals surface area contributed by atoms with Gasteiger partial charge < -0.3 is 16.8 Å². The number of nitrogens with one attached hydrogen (secondary N) is 1. The van der Waals surface area contributed by atoms with Crippen molar-refractivity contribution in [2.24, 2.45) is 5.73 Å². The largest absolute Gasteiger partial charge is 0.368 e. The molecular formula is C8H13N5O. The minimum absolute atomic E-state index is 0.148. The maximum atomic E-state index is 11.0. The number of nitrogen functional groups attached to an aromatic ring is 1. The highest BCUT2D eigenvalue weighted by Crippen LogP contribution is 2.11. The van der Waals surface area contributed by atoms with Crippen molar-refractivity contribution in [2.45, 2.75) is 19.4 Å². The molecule has 0 unspecified atom stereocenters. The summed E-state index contributed by atoms with van der Waals surface area (Å²) in [6, 6.07) is 1.61. The van der Waals surface area contributed by atoms with E-state index in [1.807, 2.05) is 0 Å². The van der Waals surface area contributed by atoms with Crippen LogP contribution < -0.4 is 16.8 Å². The lowest BCUT2D eigenvalue weighted by Crippen LogP contribution is -2.45. The number of amides is 1. The quantitative estimate of drug-likeness (QED) is 0.615. The van der Waals surface area contributed by atoms with Crippen LogP contribution in [0, 0.1) is 0 Å². The number of hydrogen-bond acceptors (Lipinski definition) is 5. The normalized spacial score (nSPS) is 11.0. The topological polar surface area (TPSA) is 107 Å². The lowest BCUT2D eigenvalue weighted by Gasteiger charge is -2.22. The Bertz CT molecular complexity index is 349. The van der Waals surface area contributed by atoms with Crippen LogP contribution in [0.5, 0.6) is 0 Å². The van der Waals surface area contributed by atoms with Gasteiger partial charge in [0.05, 0.1) is 0 Å². The summed E-state index contributed by atoms with van der Waals surface area (Å²) in [7, 11) is 0. The van der Waals surface area contributed by atoms with Gasteiger partial charge in [-0.2, -0.15) is 4.98 Å². The number of hydrogen-bond donors (Lipinski definition) is 3. The maximum Gasteiger partial charge on any atom is 0.242 e. The molecule has 0 saturated carbocycles. The fourth-order valence-corrected chi connectivity index (χ4v) is 0.825. The van der Waals surface area contributed by atoms with E-state index in [2.05, 4.69) is 15.3 Å². The van der Waals surface area contributed by atoms with Gasteiger partial charge in [-0.3, -0.25) is 4.79 Å². The predicted molar refractivity (Wildman–Crippen MR) is 53.3 cm³/mol. The first-order valence-electron chi connectivity index (χ1n) is 4.08. The lowest BCUT2D eigenvalue weighted by molar-refractivity contribution is -0.121. The standard InChI is InChI=1S/C8H13N5O/c1-8(2,6(9)14)13-5-3-4-11-7(10)12-5/h3-4H,1-2H3,(H2,9,14)(H3,10,11,12,13). The van der Waals surface area contributed by atoms with Crippen molar-refractivity contribution in [1.82, 2.24) is 9.97 Å². The van der Waals surface area contributed by atoms with Crippen LogP contribution >= 0.6 is 0 Å². The van der Waals surface area contributed by atoms with Crippen molar-refractivity contribution in [1.29, 1.82) is 0 Å². The smallest absolute Gasteiger partial charge is 0.242 e. The molecule has 1 rings (SSSR count). The molecule has 0 radical (unpaired) electrons. The van der Waals surface area contributed by atoms with Gasteiger partial charge in [0.15, 0.2) is 0 Å². The van der Waals surface area contributed by atoms with E-state index in [0.717, 1.165) is 0 Å². The monoisotopic (exact) mass is 195 g/mol. The zero-order valence-corrected chi connectivity index (χ0v) is 8.11. The first-order valence-corrected chi connectivity index (χ1v) is 4.08. The van der Waals surface area contributed by atoms with Crippen molar-refractivity contribution in [3.63, 3.8) is 0 Å². The molecule has 0 saturated heterocycles. The number of nitrogens with zero attached hydrogens (tertiary/aromatic N) is 2. The van der Waals surface area contributed by atoms with Crippen molar-refractivity contribution in [2.75, 3.05) is 11.1 Å². The molecule has 6 heteroatoms. The number of carbonyl (C=O) groups is 1. The summed E-state index contributed by atoms with van der Waals surface area (Å²) < 4.78 is 0. The van der Waals surface area contributed by atoms with Crippen molar-refractivity contribution in [3.8, 4) is 0 Å². The van der Waals surface area contributed by atoms with Crippen LogP contribution in [-0.4, -0.2) is 21.4 Å². The first-order chi connectivity index (χ1) is 6.42. The molecule has 14 heavy (non-hydrogen) atoms. The fraction of sp³-hybridized carbons (Fsp3) is 0.375. The Morgan fingerprint density at radius 2 is 2.21 bits per heavy atom. The molecule has 0 fully saturated rings. The van der Waals surface area contributed by atoms with Gasteiger partial charge in [-0.25, -0.2) is 4.98 Å². The zero-order valence-electron chi connectivity index (χ0n) is 8.11. The number of anilines is 2. The summed E-state index contributed by atoms with van der Waals surface area (Å²) in [6.07, 6.45) is 1.50. The highest BCUT2D eigenvalue weighted by atomic mass is 16.1. The fourth-order valence-electron chi connectivity index (χ4n) is 0.825. The lowest BCUT2D eigenvalue weighted by atomic mass is 10.1. The summed E-state index contributed by atoms with van der Waals surface area (Å²) in [4.78, 5) is 18.6. The van der Waals surface area contributed by atoms with Crippen LogP contribution in [0.15, 0.2) is 12.3 Å². The molecular weight excluding hydrogens is 182 g/mol. The second-order valence-corrected chi connectivity index (χ2v) is 3.41. The summed E-state index contributed by atoms with van der Waals surface area (Å²) in [5.74, 6) is 0.159. The summed E-state index contributed by atoms with van der Waals surface area (Å²) in [5, 5.41) is 2.85. The number of carbonyl (C=O) groups excluding carboxylic acids is 1. The molecule has 0 aliphatic rings. The van der Waals surface area contributed by atoms with Crippen LogP contribution in [-0.2, 0) is 4.79 Å². The van der Waals surface area contributed by atoms with E-state index in [1.54, 1.807) is 19.9 Å². The Morgan fingerprint density at radius 3 is 2.71 bits per heavy atom. The molecule has 1 aromatic heterocycles.